The molecule has 0 spiro atoms. The Morgan fingerprint density at radius 2 is 2.17 bits per heavy atom. The summed E-state index contributed by atoms with van der Waals surface area (Å²) in [5.41, 5.74) is 1.99. The minimum absolute atomic E-state index is 0.0358. The minimum atomic E-state index is -0.384. The van der Waals surface area contributed by atoms with E-state index in [2.05, 4.69) is 36.5 Å². The molecule has 0 aliphatic carbocycles. The molecule has 0 unspecified atom stereocenters. The molecule has 8 heteroatoms. The molecule has 0 fully saturated rings. The number of benzene rings is 1. The molecule has 0 bridgehead atoms. The second kappa shape index (κ2) is 6.33. The molecule has 1 aromatic carbocycles. The van der Waals surface area contributed by atoms with Gasteiger partial charge in [0.05, 0.1) is 0 Å². The Morgan fingerprint density at radius 3 is 2.87 bits per heavy atom. The number of halogens is 1. The lowest BCUT2D eigenvalue weighted by molar-refractivity contribution is 0.101. The van der Waals surface area contributed by atoms with E-state index in [1.54, 1.807) is 10.7 Å². The number of aryl methyl sites for hydroxylation is 2. The van der Waals surface area contributed by atoms with E-state index in [-0.39, 0.29) is 11.9 Å². The highest BCUT2D eigenvalue weighted by Gasteiger charge is 2.16. The quantitative estimate of drug-likeness (QED) is 0.755. The SMILES string of the molecule is CCn1nc(C(=O)Nc2nnc(-c3cccc(Br)c3)o2)cc1C. The molecule has 3 rings (SSSR count). The normalized spacial score (nSPS) is 10.7. The molecule has 0 radical (unpaired) electrons. The molecule has 0 saturated heterocycles. The molecular weight excluding hydrogens is 362 g/mol. The molecule has 0 aliphatic rings. The van der Waals surface area contributed by atoms with Crippen molar-refractivity contribution in [2.45, 2.75) is 20.4 Å². The molecular formula is C15H14BrN5O2. The smallest absolute Gasteiger partial charge is 0.322 e. The zero-order valence-electron chi connectivity index (χ0n) is 12.6. The van der Waals surface area contributed by atoms with Crippen LogP contribution in [0.3, 0.4) is 0 Å². The van der Waals surface area contributed by atoms with Crippen molar-refractivity contribution in [1.82, 2.24) is 20.0 Å². The second-order valence-corrected chi connectivity index (χ2v) is 5.78. The largest absolute Gasteiger partial charge is 0.403 e. The summed E-state index contributed by atoms with van der Waals surface area (Å²) in [6.07, 6.45) is 0. The van der Waals surface area contributed by atoms with Gasteiger partial charge in [0.1, 0.15) is 0 Å². The first-order valence-corrected chi connectivity index (χ1v) is 7.81. The molecule has 3 aromatic rings. The Hall–Kier alpha value is -2.48. The van der Waals surface area contributed by atoms with E-state index >= 15 is 0 Å². The number of carbonyl (C=O) groups is 1. The summed E-state index contributed by atoms with van der Waals surface area (Å²) in [5, 5.41) is 14.5. The maximum absolute atomic E-state index is 12.2. The zero-order chi connectivity index (χ0) is 16.4. The van der Waals surface area contributed by atoms with Gasteiger partial charge in [0.25, 0.3) is 5.91 Å². The number of nitrogens with one attached hydrogen (secondary N) is 1. The number of rotatable bonds is 4. The standard InChI is InChI=1S/C15H14BrN5O2/c1-3-21-9(2)7-12(20-21)13(22)17-15-19-18-14(23-15)10-5-4-6-11(16)8-10/h4-8H,3H2,1-2H3,(H,17,19,22). The van der Waals surface area contributed by atoms with Crippen molar-refractivity contribution in [2.24, 2.45) is 0 Å². The first-order chi connectivity index (χ1) is 11.1. The van der Waals surface area contributed by atoms with Crippen LogP contribution in [-0.4, -0.2) is 25.9 Å². The number of amides is 1. The van der Waals surface area contributed by atoms with Gasteiger partial charge in [-0.1, -0.05) is 27.1 Å². The van der Waals surface area contributed by atoms with Crippen LogP contribution >= 0.6 is 15.9 Å². The first kappa shape index (κ1) is 15.4. The van der Waals surface area contributed by atoms with E-state index in [0.717, 1.165) is 15.7 Å². The van der Waals surface area contributed by atoms with Crippen LogP contribution in [0.25, 0.3) is 11.5 Å². The van der Waals surface area contributed by atoms with E-state index in [1.165, 1.54) is 0 Å². The number of carbonyl (C=O) groups excluding carboxylic acids is 1. The summed E-state index contributed by atoms with van der Waals surface area (Å²) < 4.78 is 8.12. The molecule has 0 saturated carbocycles. The molecule has 0 aliphatic heterocycles. The fourth-order valence-electron chi connectivity index (χ4n) is 2.11. The highest BCUT2D eigenvalue weighted by molar-refractivity contribution is 9.10. The fourth-order valence-corrected chi connectivity index (χ4v) is 2.51. The molecule has 7 nitrogen and oxygen atoms in total. The van der Waals surface area contributed by atoms with Gasteiger partial charge in [-0.2, -0.15) is 5.10 Å². The zero-order valence-corrected chi connectivity index (χ0v) is 14.2. The van der Waals surface area contributed by atoms with Crippen LogP contribution in [0, 0.1) is 6.92 Å². The van der Waals surface area contributed by atoms with Crippen molar-refractivity contribution >= 4 is 27.9 Å². The van der Waals surface area contributed by atoms with Crippen molar-refractivity contribution in [3.63, 3.8) is 0 Å². The summed E-state index contributed by atoms with van der Waals surface area (Å²) in [4.78, 5) is 12.2. The fraction of sp³-hybridized carbons (Fsp3) is 0.200. The summed E-state index contributed by atoms with van der Waals surface area (Å²) in [6, 6.07) is 9.21. The predicted molar refractivity (Wildman–Crippen MR) is 88.0 cm³/mol. The van der Waals surface area contributed by atoms with Gasteiger partial charge in [0, 0.05) is 22.3 Å². The van der Waals surface area contributed by atoms with Crippen LogP contribution in [-0.2, 0) is 6.54 Å². The summed E-state index contributed by atoms with van der Waals surface area (Å²) in [6.45, 7) is 4.56. The lowest BCUT2D eigenvalue weighted by Gasteiger charge is -1.98. The summed E-state index contributed by atoms with van der Waals surface area (Å²) >= 11 is 3.38. The van der Waals surface area contributed by atoms with Crippen LogP contribution < -0.4 is 5.32 Å². The minimum Gasteiger partial charge on any atom is -0.403 e. The lowest BCUT2D eigenvalue weighted by Crippen LogP contribution is -2.13. The monoisotopic (exact) mass is 375 g/mol. The van der Waals surface area contributed by atoms with Crippen molar-refractivity contribution in [3.05, 3.63) is 46.2 Å². The third-order valence-electron chi connectivity index (χ3n) is 3.23. The maximum atomic E-state index is 12.2. The van der Waals surface area contributed by atoms with E-state index in [4.69, 9.17) is 4.42 Å². The van der Waals surface area contributed by atoms with Gasteiger partial charge in [0.2, 0.25) is 5.89 Å². The first-order valence-electron chi connectivity index (χ1n) is 7.02. The maximum Gasteiger partial charge on any atom is 0.322 e. The third kappa shape index (κ3) is 3.31. The predicted octanol–water partition coefficient (Wildman–Crippen LogP) is 3.28. The van der Waals surface area contributed by atoms with E-state index < -0.39 is 0 Å². The molecule has 0 atom stereocenters. The molecule has 2 aromatic heterocycles. The van der Waals surface area contributed by atoms with E-state index in [9.17, 15) is 4.79 Å². The number of anilines is 1. The summed E-state index contributed by atoms with van der Waals surface area (Å²) in [7, 11) is 0. The number of nitrogens with zero attached hydrogens (tertiary/aromatic N) is 4. The third-order valence-corrected chi connectivity index (χ3v) is 3.72. The molecule has 23 heavy (non-hydrogen) atoms. The van der Waals surface area contributed by atoms with Crippen molar-refractivity contribution < 1.29 is 9.21 Å². The van der Waals surface area contributed by atoms with Gasteiger partial charge < -0.3 is 4.42 Å². The lowest BCUT2D eigenvalue weighted by atomic mass is 10.2. The Balaban J connectivity index is 1.77. The van der Waals surface area contributed by atoms with Gasteiger partial charge in [-0.15, -0.1) is 5.10 Å². The van der Waals surface area contributed by atoms with Crippen LogP contribution in [0.1, 0.15) is 23.1 Å². The van der Waals surface area contributed by atoms with Gasteiger partial charge in [-0.05, 0) is 38.1 Å². The van der Waals surface area contributed by atoms with Gasteiger partial charge in [0.15, 0.2) is 5.69 Å². The van der Waals surface area contributed by atoms with Gasteiger partial charge >= 0.3 is 6.01 Å². The van der Waals surface area contributed by atoms with Crippen LogP contribution in [0.2, 0.25) is 0 Å². The molecule has 118 valence electrons. The molecule has 1 amide bonds. The van der Waals surface area contributed by atoms with Crippen molar-refractivity contribution in [3.8, 4) is 11.5 Å². The van der Waals surface area contributed by atoms with E-state index in [1.807, 2.05) is 38.1 Å². The van der Waals surface area contributed by atoms with Gasteiger partial charge in [-0.3, -0.25) is 14.8 Å². The Kier molecular flexibility index (Phi) is 4.24. The number of hydrogen-bond acceptors (Lipinski definition) is 5. The van der Waals surface area contributed by atoms with Crippen LogP contribution in [0.5, 0.6) is 0 Å². The highest BCUT2D eigenvalue weighted by atomic mass is 79.9. The Morgan fingerprint density at radius 1 is 1.35 bits per heavy atom. The summed E-state index contributed by atoms with van der Waals surface area (Å²) in [5.74, 6) is -0.0541. The van der Waals surface area contributed by atoms with Crippen molar-refractivity contribution in [2.75, 3.05) is 5.32 Å². The number of aromatic nitrogens is 4. The molecule has 2 heterocycles. The Labute approximate surface area is 140 Å². The van der Waals surface area contributed by atoms with Gasteiger partial charge in [-0.25, -0.2) is 0 Å². The van der Waals surface area contributed by atoms with Crippen LogP contribution in [0.4, 0.5) is 6.01 Å². The Bertz CT molecular complexity index is 855. The highest BCUT2D eigenvalue weighted by Crippen LogP contribution is 2.23. The molecule has 1 N–H and O–H groups in total. The number of hydrogen-bond donors (Lipinski definition) is 1. The van der Waals surface area contributed by atoms with E-state index in [0.29, 0.717) is 18.1 Å². The average Bonchev–Trinajstić information content (AvgIpc) is 3.14. The van der Waals surface area contributed by atoms with Crippen LogP contribution in [0.15, 0.2) is 39.2 Å². The second-order valence-electron chi connectivity index (χ2n) is 4.86. The van der Waals surface area contributed by atoms with Crippen molar-refractivity contribution in [1.29, 1.82) is 0 Å². The topological polar surface area (TPSA) is 85.8 Å². The average molecular weight is 376 g/mol.